The maximum absolute atomic E-state index is 12.7. The molecule has 5 rings (SSSR count). The van der Waals surface area contributed by atoms with Crippen molar-refractivity contribution in [3.63, 3.8) is 0 Å². The molecule has 26 heavy (non-hydrogen) atoms. The third-order valence-electron chi connectivity index (χ3n) is 4.94. The van der Waals surface area contributed by atoms with Crippen LogP contribution < -0.4 is 5.56 Å². The number of hydrogen-bond donors (Lipinski definition) is 1. The molecule has 0 bridgehead atoms. The Hall–Kier alpha value is -2.80. The van der Waals surface area contributed by atoms with Gasteiger partial charge in [-0.3, -0.25) is 4.79 Å². The number of hydrogen-bond acceptors (Lipinski definition) is 5. The van der Waals surface area contributed by atoms with Gasteiger partial charge in [-0.2, -0.15) is 5.10 Å². The van der Waals surface area contributed by atoms with Crippen molar-refractivity contribution >= 4 is 0 Å². The van der Waals surface area contributed by atoms with Crippen LogP contribution in [0.25, 0.3) is 17.1 Å². The predicted octanol–water partition coefficient (Wildman–Crippen LogP) is 2.40. The molecule has 1 atom stereocenters. The van der Waals surface area contributed by atoms with Gasteiger partial charge in [-0.15, -0.1) is 0 Å². The number of nitrogens with zero attached hydrogens (tertiary/aromatic N) is 4. The van der Waals surface area contributed by atoms with Crippen molar-refractivity contribution in [1.29, 1.82) is 0 Å². The molecule has 0 radical (unpaired) electrons. The average molecular weight is 349 g/mol. The highest BCUT2D eigenvalue weighted by atomic mass is 16.5. The molecule has 7 heteroatoms. The van der Waals surface area contributed by atoms with Gasteiger partial charge in [-0.05, 0) is 31.4 Å². The number of aromatic nitrogens is 5. The Morgan fingerprint density at radius 1 is 1.12 bits per heavy atom. The van der Waals surface area contributed by atoms with Gasteiger partial charge >= 0.3 is 0 Å². The first-order chi connectivity index (χ1) is 12.8. The van der Waals surface area contributed by atoms with E-state index in [2.05, 4.69) is 9.97 Å². The molecule has 3 heterocycles. The summed E-state index contributed by atoms with van der Waals surface area (Å²) in [6.45, 7) is 1.34. The van der Waals surface area contributed by atoms with Crippen molar-refractivity contribution in [3.8, 4) is 17.1 Å². The van der Waals surface area contributed by atoms with Gasteiger partial charge in [0.05, 0.1) is 12.3 Å². The lowest BCUT2D eigenvalue weighted by Crippen LogP contribution is -2.15. The number of nitrogens with one attached hydrogen (secondary N) is 1. The van der Waals surface area contributed by atoms with Crippen molar-refractivity contribution in [1.82, 2.24) is 24.7 Å². The van der Waals surface area contributed by atoms with E-state index in [0.717, 1.165) is 37.4 Å². The maximum Gasteiger partial charge on any atom is 0.261 e. The van der Waals surface area contributed by atoms with Gasteiger partial charge in [0, 0.05) is 24.6 Å². The van der Waals surface area contributed by atoms with Gasteiger partial charge in [0.25, 0.3) is 5.56 Å². The minimum atomic E-state index is -0.166. The van der Waals surface area contributed by atoms with Crippen LogP contribution in [-0.2, 0) is 4.74 Å². The molecule has 1 saturated carbocycles. The molecule has 0 amide bonds. The minimum absolute atomic E-state index is 0.163. The summed E-state index contributed by atoms with van der Waals surface area (Å²) in [5.41, 5.74) is 1.14. The quantitative estimate of drug-likeness (QED) is 0.782. The van der Waals surface area contributed by atoms with E-state index in [1.165, 1.54) is 0 Å². The Labute approximate surface area is 150 Å². The van der Waals surface area contributed by atoms with Crippen molar-refractivity contribution in [2.24, 2.45) is 0 Å². The van der Waals surface area contributed by atoms with Crippen LogP contribution in [0.1, 0.15) is 42.7 Å². The molecule has 1 saturated heterocycles. The lowest BCUT2D eigenvalue weighted by molar-refractivity contribution is 0.193. The van der Waals surface area contributed by atoms with Crippen LogP contribution in [0.15, 0.2) is 41.3 Å². The van der Waals surface area contributed by atoms with Crippen LogP contribution in [0.3, 0.4) is 0 Å². The van der Waals surface area contributed by atoms with Crippen LogP contribution in [0.2, 0.25) is 0 Å². The number of benzene rings is 1. The summed E-state index contributed by atoms with van der Waals surface area (Å²) in [4.78, 5) is 24.8. The summed E-state index contributed by atoms with van der Waals surface area (Å²) < 4.78 is 7.21. The lowest BCUT2D eigenvalue weighted by atomic mass is 10.1. The largest absolute Gasteiger partial charge is 0.381 e. The predicted molar refractivity (Wildman–Crippen MR) is 95.4 cm³/mol. The molecule has 132 valence electrons. The summed E-state index contributed by atoms with van der Waals surface area (Å²) in [6, 6.07) is 9.74. The van der Waals surface area contributed by atoms with E-state index >= 15 is 0 Å². The second kappa shape index (κ2) is 6.17. The number of para-hydroxylation sites is 1. The van der Waals surface area contributed by atoms with Gasteiger partial charge in [-0.25, -0.2) is 14.6 Å². The summed E-state index contributed by atoms with van der Waals surface area (Å²) in [5.74, 6) is 2.57. The normalized spacial score (nSPS) is 19.8. The molecule has 7 nitrogen and oxygen atoms in total. The number of H-pyrrole nitrogens is 1. The van der Waals surface area contributed by atoms with Crippen molar-refractivity contribution in [2.75, 3.05) is 13.2 Å². The van der Waals surface area contributed by atoms with E-state index in [4.69, 9.17) is 14.8 Å². The van der Waals surface area contributed by atoms with E-state index in [-0.39, 0.29) is 11.5 Å². The SMILES string of the molecule is O=c1[nH]c(C2CC2)ncc1-c1nc(C2CCOC2)nn1-c1ccccc1. The number of aromatic amines is 1. The molecule has 1 aromatic carbocycles. The van der Waals surface area contributed by atoms with E-state index < -0.39 is 0 Å². The zero-order valence-corrected chi connectivity index (χ0v) is 14.3. The van der Waals surface area contributed by atoms with Gasteiger partial charge in [-0.1, -0.05) is 18.2 Å². The third-order valence-corrected chi connectivity index (χ3v) is 4.94. The van der Waals surface area contributed by atoms with Gasteiger partial charge in [0.1, 0.15) is 11.4 Å². The van der Waals surface area contributed by atoms with Gasteiger partial charge in [0.15, 0.2) is 11.6 Å². The zero-order valence-electron chi connectivity index (χ0n) is 14.3. The zero-order chi connectivity index (χ0) is 17.5. The Kier molecular flexibility index (Phi) is 3.67. The van der Waals surface area contributed by atoms with Crippen LogP contribution in [0, 0.1) is 0 Å². The summed E-state index contributed by atoms with van der Waals surface area (Å²) in [7, 11) is 0. The molecule has 2 aromatic heterocycles. The third kappa shape index (κ3) is 2.74. The minimum Gasteiger partial charge on any atom is -0.381 e. The second-order valence-corrected chi connectivity index (χ2v) is 6.89. The van der Waals surface area contributed by atoms with E-state index in [1.54, 1.807) is 10.9 Å². The smallest absolute Gasteiger partial charge is 0.261 e. The second-order valence-electron chi connectivity index (χ2n) is 6.89. The van der Waals surface area contributed by atoms with Crippen molar-refractivity contribution in [3.05, 3.63) is 58.5 Å². The first-order valence-corrected chi connectivity index (χ1v) is 8.99. The molecule has 1 aliphatic heterocycles. The number of rotatable bonds is 4. The summed E-state index contributed by atoms with van der Waals surface area (Å²) in [6.07, 6.45) is 4.71. The molecule has 1 aliphatic carbocycles. The first kappa shape index (κ1) is 15.5. The molecule has 1 N–H and O–H groups in total. The van der Waals surface area contributed by atoms with Gasteiger partial charge in [0.2, 0.25) is 0 Å². The Balaban J connectivity index is 1.63. The van der Waals surface area contributed by atoms with Gasteiger partial charge < -0.3 is 9.72 Å². The fourth-order valence-electron chi connectivity index (χ4n) is 3.29. The van der Waals surface area contributed by atoms with Crippen molar-refractivity contribution in [2.45, 2.75) is 31.1 Å². The standard InChI is InChI=1S/C19H19N5O2/c25-19-15(10-20-16(22-19)12-6-7-12)18-21-17(13-8-9-26-11-13)23-24(18)14-4-2-1-3-5-14/h1-5,10,12-13H,6-9,11H2,(H,20,22,25). The van der Waals surface area contributed by atoms with Crippen LogP contribution >= 0.6 is 0 Å². The number of ether oxygens (including phenoxy) is 1. The highest BCUT2D eigenvalue weighted by Crippen LogP contribution is 2.37. The highest BCUT2D eigenvalue weighted by Gasteiger charge is 2.28. The lowest BCUT2D eigenvalue weighted by Gasteiger charge is -2.05. The monoisotopic (exact) mass is 349 g/mol. The van der Waals surface area contributed by atoms with E-state index in [9.17, 15) is 4.79 Å². The van der Waals surface area contributed by atoms with E-state index in [0.29, 0.717) is 29.7 Å². The molecule has 2 aliphatic rings. The topological polar surface area (TPSA) is 85.7 Å². The maximum atomic E-state index is 12.7. The molecule has 3 aromatic rings. The van der Waals surface area contributed by atoms with E-state index in [1.807, 2.05) is 30.3 Å². The first-order valence-electron chi connectivity index (χ1n) is 8.99. The molecular weight excluding hydrogens is 330 g/mol. The Morgan fingerprint density at radius 2 is 1.96 bits per heavy atom. The molecule has 2 fully saturated rings. The highest BCUT2D eigenvalue weighted by molar-refractivity contribution is 5.56. The van der Waals surface area contributed by atoms with Crippen LogP contribution in [-0.4, -0.2) is 37.9 Å². The Morgan fingerprint density at radius 3 is 2.65 bits per heavy atom. The fraction of sp³-hybridized carbons (Fsp3) is 0.368. The van der Waals surface area contributed by atoms with Crippen molar-refractivity contribution < 1.29 is 4.74 Å². The Bertz CT molecular complexity index is 985. The average Bonchev–Trinajstić information content (AvgIpc) is 3.20. The molecule has 0 spiro atoms. The summed E-state index contributed by atoms with van der Waals surface area (Å²) in [5, 5.41) is 4.69. The van der Waals surface area contributed by atoms with Crippen LogP contribution in [0.4, 0.5) is 0 Å². The molecule has 1 unspecified atom stereocenters. The fourth-order valence-corrected chi connectivity index (χ4v) is 3.29. The summed E-state index contributed by atoms with van der Waals surface area (Å²) >= 11 is 0. The van der Waals surface area contributed by atoms with Crippen LogP contribution in [0.5, 0.6) is 0 Å². The molecular formula is C19H19N5O2.